The first-order valence-electron chi connectivity index (χ1n) is 7.42. The summed E-state index contributed by atoms with van der Waals surface area (Å²) in [5.74, 6) is 0.0763. The minimum atomic E-state index is 0. The van der Waals surface area contributed by atoms with Gasteiger partial charge in [-0.2, -0.15) is 0 Å². The first-order valence-corrected chi connectivity index (χ1v) is 7.79. The number of hydrogen-bond donors (Lipinski definition) is 1. The lowest BCUT2D eigenvalue weighted by Gasteiger charge is -2.35. The van der Waals surface area contributed by atoms with Crippen molar-refractivity contribution in [2.45, 2.75) is 39.2 Å². The summed E-state index contributed by atoms with van der Waals surface area (Å²) in [6.45, 7) is 6.82. The molecule has 1 aromatic rings. The number of rotatable bonds is 4. The number of nitrogens with one attached hydrogen (secondary N) is 1. The Bertz CT molecular complexity index is 473. The molecule has 5 heteroatoms. The van der Waals surface area contributed by atoms with E-state index in [0.29, 0.717) is 16.6 Å². The summed E-state index contributed by atoms with van der Waals surface area (Å²) < 4.78 is 0. The van der Waals surface area contributed by atoms with Crippen molar-refractivity contribution in [3.05, 3.63) is 34.3 Å². The second kappa shape index (κ2) is 8.62. The van der Waals surface area contributed by atoms with Crippen LogP contribution >= 0.6 is 24.0 Å². The fourth-order valence-electron chi connectivity index (χ4n) is 2.78. The smallest absolute Gasteiger partial charge is 0.255 e. The largest absolute Gasteiger partial charge is 0.336 e. The van der Waals surface area contributed by atoms with Crippen LogP contribution < -0.4 is 5.32 Å². The zero-order chi connectivity index (χ0) is 14.5. The maximum atomic E-state index is 12.8. The predicted molar refractivity (Wildman–Crippen MR) is 90.7 cm³/mol. The standard InChI is InChI=1S/C16H23ClN2O.ClH/c1-3-11-19(13-7-9-18-10-8-13)16(20)14-6-4-5-12(2)15(14)17;/h4-6,13,18H,3,7-11H2,1-2H3;1H. The molecule has 1 fully saturated rings. The highest BCUT2D eigenvalue weighted by molar-refractivity contribution is 6.34. The first kappa shape index (κ1) is 18.3. The predicted octanol–water partition coefficient (Wildman–Crippen LogP) is 3.67. The number of nitrogens with zero attached hydrogens (tertiary/aromatic N) is 1. The molecule has 118 valence electrons. The molecule has 1 aromatic carbocycles. The van der Waals surface area contributed by atoms with E-state index in [1.165, 1.54) is 0 Å². The van der Waals surface area contributed by atoms with Crippen LogP contribution in [0.15, 0.2) is 18.2 Å². The molecular formula is C16H24Cl2N2O. The molecule has 0 spiro atoms. The van der Waals surface area contributed by atoms with Crippen molar-refractivity contribution in [2.24, 2.45) is 0 Å². The summed E-state index contributed by atoms with van der Waals surface area (Å²) in [4.78, 5) is 14.8. The van der Waals surface area contributed by atoms with E-state index in [2.05, 4.69) is 12.2 Å². The maximum absolute atomic E-state index is 12.8. The summed E-state index contributed by atoms with van der Waals surface area (Å²) in [5, 5.41) is 3.94. The molecule has 1 amide bonds. The van der Waals surface area contributed by atoms with Gasteiger partial charge < -0.3 is 10.2 Å². The number of halogens is 2. The van der Waals surface area contributed by atoms with Crippen molar-refractivity contribution in [1.29, 1.82) is 0 Å². The fraction of sp³-hybridized carbons (Fsp3) is 0.562. The van der Waals surface area contributed by atoms with Gasteiger partial charge in [-0.05, 0) is 50.9 Å². The van der Waals surface area contributed by atoms with E-state index in [1.807, 2.05) is 30.0 Å². The summed E-state index contributed by atoms with van der Waals surface area (Å²) in [6.07, 6.45) is 3.02. The molecule has 1 heterocycles. The van der Waals surface area contributed by atoms with Crippen LogP contribution in [0.2, 0.25) is 5.02 Å². The molecule has 1 saturated heterocycles. The average molecular weight is 331 g/mol. The Morgan fingerprint density at radius 3 is 2.67 bits per heavy atom. The number of aryl methyl sites for hydroxylation is 1. The van der Waals surface area contributed by atoms with Crippen LogP contribution in [0.1, 0.15) is 42.1 Å². The second-order valence-corrected chi connectivity index (χ2v) is 5.79. The average Bonchev–Trinajstić information content (AvgIpc) is 2.48. The topological polar surface area (TPSA) is 32.3 Å². The number of hydrogen-bond acceptors (Lipinski definition) is 2. The molecule has 0 aromatic heterocycles. The van der Waals surface area contributed by atoms with E-state index in [4.69, 9.17) is 11.6 Å². The number of carbonyl (C=O) groups excluding carboxylic acids is 1. The summed E-state index contributed by atoms with van der Waals surface area (Å²) in [6, 6.07) is 6.01. The highest BCUT2D eigenvalue weighted by atomic mass is 35.5. The maximum Gasteiger partial charge on any atom is 0.255 e. The summed E-state index contributed by atoms with van der Waals surface area (Å²) >= 11 is 6.31. The quantitative estimate of drug-likeness (QED) is 0.913. The monoisotopic (exact) mass is 330 g/mol. The van der Waals surface area contributed by atoms with Crippen molar-refractivity contribution in [1.82, 2.24) is 10.2 Å². The molecule has 0 radical (unpaired) electrons. The molecule has 0 bridgehead atoms. The molecule has 2 rings (SSSR count). The number of piperidine rings is 1. The number of benzene rings is 1. The van der Waals surface area contributed by atoms with Crippen LogP contribution in [0.4, 0.5) is 0 Å². The lowest BCUT2D eigenvalue weighted by Crippen LogP contribution is -2.46. The SMILES string of the molecule is CCCN(C(=O)c1cccc(C)c1Cl)C1CCNCC1.Cl. The molecule has 0 atom stereocenters. The third-order valence-corrected chi connectivity index (χ3v) is 4.40. The van der Waals surface area contributed by atoms with Crippen molar-refractivity contribution >= 4 is 29.9 Å². The van der Waals surface area contributed by atoms with Gasteiger partial charge >= 0.3 is 0 Å². The van der Waals surface area contributed by atoms with E-state index in [0.717, 1.165) is 44.5 Å². The molecule has 1 aliphatic rings. The second-order valence-electron chi connectivity index (χ2n) is 5.42. The summed E-state index contributed by atoms with van der Waals surface area (Å²) in [7, 11) is 0. The number of carbonyl (C=O) groups is 1. The lowest BCUT2D eigenvalue weighted by atomic mass is 10.0. The Morgan fingerprint density at radius 2 is 2.05 bits per heavy atom. The van der Waals surface area contributed by atoms with Crippen LogP contribution in [0.3, 0.4) is 0 Å². The lowest BCUT2D eigenvalue weighted by molar-refractivity contribution is 0.0643. The van der Waals surface area contributed by atoms with E-state index in [-0.39, 0.29) is 18.3 Å². The van der Waals surface area contributed by atoms with Gasteiger partial charge in [0.1, 0.15) is 0 Å². The molecule has 0 unspecified atom stereocenters. The van der Waals surface area contributed by atoms with E-state index >= 15 is 0 Å². The minimum Gasteiger partial charge on any atom is -0.336 e. The third kappa shape index (κ3) is 4.35. The zero-order valence-electron chi connectivity index (χ0n) is 12.7. The highest BCUT2D eigenvalue weighted by Crippen LogP contribution is 2.24. The zero-order valence-corrected chi connectivity index (χ0v) is 14.3. The van der Waals surface area contributed by atoms with Crippen molar-refractivity contribution in [3.8, 4) is 0 Å². The van der Waals surface area contributed by atoms with Gasteiger partial charge in [-0.15, -0.1) is 12.4 Å². The van der Waals surface area contributed by atoms with Crippen LogP contribution in [-0.2, 0) is 0 Å². The first-order chi connectivity index (χ1) is 9.65. The molecule has 3 nitrogen and oxygen atoms in total. The Labute approximate surface area is 138 Å². The minimum absolute atomic E-state index is 0. The molecule has 0 saturated carbocycles. The van der Waals surface area contributed by atoms with Crippen LogP contribution in [0.5, 0.6) is 0 Å². The Balaban J connectivity index is 0.00000220. The van der Waals surface area contributed by atoms with Gasteiger partial charge in [-0.25, -0.2) is 0 Å². The van der Waals surface area contributed by atoms with Crippen LogP contribution in [-0.4, -0.2) is 36.5 Å². The molecule has 0 aliphatic carbocycles. The van der Waals surface area contributed by atoms with E-state index < -0.39 is 0 Å². The third-order valence-electron chi connectivity index (χ3n) is 3.90. The van der Waals surface area contributed by atoms with E-state index in [9.17, 15) is 4.79 Å². The molecule has 1 N–H and O–H groups in total. The fourth-order valence-corrected chi connectivity index (χ4v) is 2.98. The Kier molecular flexibility index (Phi) is 7.50. The Morgan fingerprint density at radius 1 is 1.38 bits per heavy atom. The van der Waals surface area contributed by atoms with Gasteiger partial charge in [0, 0.05) is 12.6 Å². The van der Waals surface area contributed by atoms with Gasteiger partial charge in [0.05, 0.1) is 10.6 Å². The van der Waals surface area contributed by atoms with E-state index in [1.54, 1.807) is 0 Å². The van der Waals surface area contributed by atoms with Gasteiger partial charge in [-0.1, -0.05) is 30.7 Å². The van der Waals surface area contributed by atoms with Crippen molar-refractivity contribution < 1.29 is 4.79 Å². The summed E-state index contributed by atoms with van der Waals surface area (Å²) in [5.41, 5.74) is 1.60. The molecular weight excluding hydrogens is 307 g/mol. The number of amides is 1. The van der Waals surface area contributed by atoms with Crippen LogP contribution in [0, 0.1) is 6.92 Å². The van der Waals surface area contributed by atoms with Crippen molar-refractivity contribution in [2.75, 3.05) is 19.6 Å². The normalized spacial score (nSPS) is 15.4. The van der Waals surface area contributed by atoms with Gasteiger partial charge in [0.25, 0.3) is 5.91 Å². The molecule has 21 heavy (non-hydrogen) atoms. The van der Waals surface area contributed by atoms with Gasteiger partial charge in [0.2, 0.25) is 0 Å². The highest BCUT2D eigenvalue weighted by Gasteiger charge is 2.26. The van der Waals surface area contributed by atoms with Gasteiger partial charge in [-0.3, -0.25) is 4.79 Å². The van der Waals surface area contributed by atoms with Gasteiger partial charge in [0.15, 0.2) is 0 Å². The van der Waals surface area contributed by atoms with Crippen LogP contribution in [0.25, 0.3) is 0 Å². The van der Waals surface area contributed by atoms with Crippen molar-refractivity contribution in [3.63, 3.8) is 0 Å². The Hall–Kier alpha value is -0.770. The molecule has 1 aliphatic heterocycles.